The van der Waals surface area contributed by atoms with Gasteiger partial charge in [0.1, 0.15) is 17.4 Å². The maximum Gasteiger partial charge on any atom is 0.230 e. The number of pyridine rings is 2. The Morgan fingerprint density at radius 1 is 0.778 bits per heavy atom. The normalized spacial score (nSPS) is 11.9. The van der Waals surface area contributed by atoms with Gasteiger partial charge in [0.05, 0.1) is 21.5 Å². The van der Waals surface area contributed by atoms with Gasteiger partial charge in [-0.1, -0.05) is 42.0 Å². The number of aryl methyl sites for hydroxylation is 3. The Bertz CT molecular complexity index is 1940. The molecule has 36 heavy (non-hydrogen) atoms. The van der Waals surface area contributed by atoms with Crippen LogP contribution in [0.2, 0.25) is 0 Å². The van der Waals surface area contributed by atoms with Crippen molar-refractivity contribution in [2.24, 2.45) is 7.05 Å². The van der Waals surface area contributed by atoms with E-state index in [-0.39, 0.29) is 0 Å². The summed E-state index contributed by atoms with van der Waals surface area (Å²) in [7, 11) is 2.16. The van der Waals surface area contributed by atoms with Crippen LogP contribution in [0.4, 0.5) is 0 Å². The van der Waals surface area contributed by atoms with Crippen molar-refractivity contribution >= 4 is 53.4 Å². The van der Waals surface area contributed by atoms with Crippen LogP contribution in [0.3, 0.4) is 0 Å². The van der Waals surface area contributed by atoms with Crippen LogP contribution in [0, 0.1) is 20.8 Å². The van der Waals surface area contributed by atoms with Crippen LogP contribution >= 0.6 is 11.3 Å². The summed E-state index contributed by atoms with van der Waals surface area (Å²) in [6.45, 7) is 6.64. The molecule has 0 unspecified atom stereocenters. The Hall–Kier alpha value is -4.02. The molecule has 0 saturated heterocycles. The molecule has 0 bridgehead atoms. The number of para-hydroxylation sites is 1. The van der Waals surface area contributed by atoms with Crippen LogP contribution in [-0.4, -0.2) is 9.55 Å². The molecule has 0 spiro atoms. The van der Waals surface area contributed by atoms with Gasteiger partial charge >= 0.3 is 0 Å². The van der Waals surface area contributed by atoms with Crippen molar-refractivity contribution in [3.05, 3.63) is 102 Å². The van der Waals surface area contributed by atoms with Gasteiger partial charge in [0.25, 0.3) is 0 Å². The molecular formula is C32H26N3S+. The molecule has 0 aliphatic rings. The first kappa shape index (κ1) is 21.3. The van der Waals surface area contributed by atoms with E-state index >= 15 is 0 Å². The molecule has 7 aromatic rings. The van der Waals surface area contributed by atoms with E-state index in [4.69, 9.17) is 4.98 Å². The molecule has 174 valence electrons. The van der Waals surface area contributed by atoms with Crippen LogP contribution < -0.4 is 4.57 Å². The van der Waals surface area contributed by atoms with Crippen molar-refractivity contribution < 1.29 is 4.57 Å². The number of hydrogen-bond acceptors (Lipinski definition) is 2. The molecular weight excluding hydrogens is 458 g/mol. The number of aromatic nitrogens is 3. The van der Waals surface area contributed by atoms with E-state index in [9.17, 15) is 0 Å². The molecule has 0 fully saturated rings. The van der Waals surface area contributed by atoms with Crippen molar-refractivity contribution in [1.82, 2.24) is 9.55 Å². The standard InChI is InChI=1S/C32H26N3S/c1-19-17-20(2)21(3)26(18-19)29-31-24(14-16-34(29)4)23-10-7-13-28(30(23)36-31)35-27-12-6-5-9-22(27)25-11-8-15-33-32(25)35/h5-18H,1-4H3/q+1. The molecule has 0 saturated carbocycles. The molecule has 7 rings (SSSR count). The predicted octanol–water partition coefficient (Wildman–Crippen LogP) is 7.96. The summed E-state index contributed by atoms with van der Waals surface area (Å²) in [6.07, 6.45) is 4.10. The second kappa shape index (κ2) is 7.74. The maximum atomic E-state index is 4.83. The van der Waals surface area contributed by atoms with Crippen molar-refractivity contribution in [1.29, 1.82) is 0 Å². The first-order valence-corrected chi connectivity index (χ1v) is 13.1. The van der Waals surface area contributed by atoms with Gasteiger partial charge in [-0.2, -0.15) is 4.57 Å². The third-order valence-electron chi connectivity index (χ3n) is 7.51. The third kappa shape index (κ3) is 2.91. The quantitative estimate of drug-likeness (QED) is 0.228. The Kier molecular flexibility index (Phi) is 4.57. The Morgan fingerprint density at radius 3 is 2.44 bits per heavy atom. The van der Waals surface area contributed by atoms with Crippen LogP contribution in [-0.2, 0) is 7.05 Å². The van der Waals surface area contributed by atoms with Gasteiger partial charge in [-0.05, 0) is 62.2 Å². The number of rotatable bonds is 2. The van der Waals surface area contributed by atoms with Gasteiger partial charge in [-0.15, -0.1) is 11.3 Å². The van der Waals surface area contributed by atoms with Crippen LogP contribution in [0.25, 0.3) is 59.1 Å². The fraction of sp³-hybridized carbons (Fsp3) is 0.125. The summed E-state index contributed by atoms with van der Waals surface area (Å²) < 4.78 is 7.23. The minimum Gasteiger partial charge on any atom is -0.292 e. The topological polar surface area (TPSA) is 21.7 Å². The summed E-state index contributed by atoms with van der Waals surface area (Å²) in [4.78, 5) is 4.83. The molecule has 4 heterocycles. The van der Waals surface area contributed by atoms with E-state index in [1.165, 1.54) is 70.1 Å². The lowest BCUT2D eigenvalue weighted by atomic mass is 9.96. The highest BCUT2D eigenvalue weighted by atomic mass is 32.1. The van der Waals surface area contributed by atoms with E-state index in [1.807, 2.05) is 23.6 Å². The number of nitrogens with zero attached hydrogens (tertiary/aromatic N) is 3. The van der Waals surface area contributed by atoms with Crippen molar-refractivity contribution in [2.45, 2.75) is 20.8 Å². The van der Waals surface area contributed by atoms with Gasteiger partial charge < -0.3 is 0 Å². The van der Waals surface area contributed by atoms with E-state index in [1.54, 1.807) is 0 Å². The molecule has 0 amide bonds. The van der Waals surface area contributed by atoms with Gasteiger partial charge in [0, 0.05) is 33.8 Å². The fourth-order valence-corrected chi connectivity index (χ4v) is 7.09. The van der Waals surface area contributed by atoms with Crippen molar-refractivity contribution in [3.63, 3.8) is 0 Å². The van der Waals surface area contributed by atoms with Crippen molar-refractivity contribution in [2.75, 3.05) is 0 Å². The highest BCUT2D eigenvalue weighted by Crippen LogP contribution is 2.43. The highest BCUT2D eigenvalue weighted by Gasteiger charge is 2.23. The highest BCUT2D eigenvalue weighted by molar-refractivity contribution is 7.26. The second-order valence-electron chi connectivity index (χ2n) is 9.76. The fourth-order valence-electron chi connectivity index (χ4n) is 5.70. The minimum atomic E-state index is 1.000. The summed E-state index contributed by atoms with van der Waals surface area (Å²) in [5.74, 6) is 0. The Balaban J connectivity index is 1.62. The van der Waals surface area contributed by atoms with Crippen LogP contribution in [0.5, 0.6) is 0 Å². The first-order valence-electron chi connectivity index (χ1n) is 12.3. The lowest BCUT2D eigenvalue weighted by molar-refractivity contribution is -0.659. The molecule has 4 aromatic heterocycles. The Labute approximate surface area is 213 Å². The summed E-state index contributed by atoms with van der Waals surface area (Å²) >= 11 is 1.89. The van der Waals surface area contributed by atoms with E-state index in [2.05, 4.69) is 110 Å². The van der Waals surface area contributed by atoms with Crippen LogP contribution in [0.1, 0.15) is 16.7 Å². The summed E-state index contributed by atoms with van der Waals surface area (Å²) in [5.41, 5.74) is 9.93. The monoisotopic (exact) mass is 484 g/mol. The molecule has 0 atom stereocenters. The minimum absolute atomic E-state index is 1.000. The maximum absolute atomic E-state index is 4.83. The van der Waals surface area contributed by atoms with Crippen molar-refractivity contribution in [3.8, 4) is 16.9 Å². The molecule has 0 N–H and O–H groups in total. The molecule has 0 aliphatic carbocycles. The molecule has 4 heteroatoms. The lowest BCUT2D eigenvalue weighted by Gasteiger charge is -2.10. The second-order valence-corrected chi connectivity index (χ2v) is 10.8. The summed E-state index contributed by atoms with van der Waals surface area (Å²) in [5, 5.41) is 5.01. The first-order chi connectivity index (χ1) is 17.5. The Morgan fingerprint density at radius 2 is 1.56 bits per heavy atom. The van der Waals surface area contributed by atoms with E-state index < -0.39 is 0 Å². The number of fused-ring (bicyclic) bond motifs is 6. The zero-order valence-corrected chi connectivity index (χ0v) is 21.6. The average Bonchev–Trinajstić information content (AvgIpc) is 3.42. The number of hydrogen-bond donors (Lipinski definition) is 0. The van der Waals surface area contributed by atoms with Gasteiger partial charge in [-0.3, -0.25) is 4.57 Å². The molecule has 0 radical (unpaired) electrons. The smallest absolute Gasteiger partial charge is 0.230 e. The number of benzene rings is 3. The largest absolute Gasteiger partial charge is 0.292 e. The SMILES string of the molecule is Cc1cc(C)c(C)c(-c2c3sc4c(-n5c6ccccc6c6cccnc65)cccc4c3cc[n+]2C)c1. The van der Waals surface area contributed by atoms with E-state index in [0.717, 1.165) is 5.65 Å². The predicted molar refractivity (Wildman–Crippen MR) is 152 cm³/mol. The molecule has 3 nitrogen and oxygen atoms in total. The number of thiophene rings is 1. The third-order valence-corrected chi connectivity index (χ3v) is 8.76. The van der Waals surface area contributed by atoms with Crippen LogP contribution in [0.15, 0.2) is 85.2 Å². The average molecular weight is 485 g/mol. The lowest BCUT2D eigenvalue weighted by Crippen LogP contribution is -2.30. The molecule has 0 aliphatic heterocycles. The zero-order valence-electron chi connectivity index (χ0n) is 20.8. The van der Waals surface area contributed by atoms with E-state index in [0.29, 0.717) is 0 Å². The zero-order chi connectivity index (χ0) is 24.6. The molecule has 3 aromatic carbocycles. The van der Waals surface area contributed by atoms with Gasteiger partial charge in [-0.25, -0.2) is 4.98 Å². The summed E-state index contributed by atoms with van der Waals surface area (Å²) in [6, 6.07) is 26.4. The van der Waals surface area contributed by atoms with Gasteiger partial charge in [0.2, 0.25) is 5.69 Å². The van der Waals surface area contributed by atoms with Gasteiger partial charge in [0.15, 0.2) is 6.20 Å².